The molecule has 2 heterocycles. The van der Waals surface area contributed by atoms with Crippen LogP contribution >= 0.6 is 11.8 Å². The van der Waals surface area contributed by atoms with E-state index >= 15 is 0 Å². The van der Waals surface area contributed by atoms with Gasteiger partial charge in [-0.3, -0.25) is 9.59 Å². The maximum atomic E-state index is 12.2. The van der Waals surface area contributed by atoms with Crippen LogP contribution in [-0.2, 0) is 27.8 Å². The standard InChI is InChI=1S/C18H24N6O3S/c1-23-16(7-6-15(19)25)21-22-18(23)28-12-17(26)20-13-2-4-14(5-3-13)24-8-10-27-11-9-24/h2-5H,6-12H2,1H3,(H2,19,25)(H,20,26). The third-order valence-electron chi connectivity index (χ3n) is 4.38. The molecule has 3 rings (SSSR count). The van der Waals surface area contributed by atoms with Crippen LogP contribution in [0, 0.1) is 0 Å². The third-order valence-corrected chi connectivity index (χ3v) is 5.40. The number of morpholine rings is 1. The summed E-state index contributed by atoms with van der Waals surface area (Å²) < 4.78 is 7.14. The first kappa shape index (κ1) is 20.2. The van der Waals surface area contributed by atoms with Crippen LogP contribution in [-0.4, -0.2) is 58.6 Å². The molecule has 0 spiro atoms. The lowest BCUT2D eigenvalue weighted by Gasteiger charge is -2.28. The van der Waals surface area contributed by atoms with E-state index in [1.165, 1.54) is 11.8 Å². The number of ether oxygens (including phenoxy) is 1. The number of thioether (sulfide) groups is 1. The van der Waals surface area contributed by atoms with E-state index in [0.717, 1.165) is 37.7 Å². The molecule has 0 aliphatic carbocycles. The summed E-state index contributed by atoms with van der Waals surface area (Å²) in [5.41, 5.74) is 7.03. The molecular formula is C18H24N6O3S. The van der Waals surface area contributed by atoms with Crippen molar-refractivity contribution in [1.82, 2.24) is 14.8 Å². The number of aryl methyl sites for hydroxylation is 1. The summed E-state index contributed by atoms with van der Waals surface area (Å²) in [7, 11) is 1.81. The van der Waals surface area contributed by atoms with Crippen molar-refractivity contribution in [3.63, 3.8) is 0 Å². The number of carbonyl (C=O) groups is 2. The SMILES string of the molecule is Cn1c(CCC(N)=O)nnc1SCC(=O)Nc1ccc(N2CCOCC2)cc1. The van der Waals surface area contributed by atoms with Crippen molar-refractivity contribution < 1.29 is 14.3 Å². The number of amides is 2. The first-order chi connectivity index (χ1) is 13.5. The van der Waals surface area contributed by atoms with Crippen molar-refractivity contribution in [2.45, 2.75) is 18.0 Å². The van der Waals surface area contributed by atoms with Crippen LogP contribution in [0.4, 0.5) is 11.4 Å². The van der Waals surface area contributed by atoms with Gasteiger partial charge in [0.2, 0.25) is 11.8 Å². The predicted octanol–water partition coefficient (Wildman–Crippen LogP) is 0.800. The predicted molar refractivity (Wildman–Crippen MR) is 107 cm³/mol. The summed E-state index contributed by atoms with van der Waals surface area (Å²) >= 11 is 1.29. The molecule has 0 radical (unpaired) electrons. The van der Waals surface area contributed by atoms with Gasteiger partial charge in [-0.05, 0) is 24.3 Å². The van der Waals surface area contributed by atoms with Gasteiger partial charge in [0.15, 0.2) is 5.16 Å². The Balaban J connectivity index is 1.48. The molecule has 28 heavy (non-hydrogen) atoms. The molecule has 1 aliphatic heterocycles. The number of nitrogens with one attached hydrogen (secondary N) is 1. The molecule has 10 heteroatoms. The van der Waals surface area contributed by atoms with E-state index in [1.54, 1.807) is 11.6 Å². The van der Waals surface area contributed by atoms with Crippen molar-refractivity contribution in [3.05, 3.63) is 30.1 Å². The molecule has 0 bridgehead atoms. The number of rotatable bonds is 8. The first-order valence-electron chi connectivity index (χ1n) is 9.05. The van der Waals surface area contributed by atoms with Crippen molar-refractivity contribution in [2.75, 3.05) is 42.3 Å². The zero-order chi connectivity index (χ0) is 19.9. The Morgan fingerprint density at radius 1 is 1.21 bits per heavy atom. The minimum absolute atomic E-state index is 0.120. The minimum Gasteiger partial charge on any atom is -0.378 e. The average molecular weight is 404 g/mol. The van der Waals surface area contributed by atoms with Crippen molar-refractivity contribution in [3.8, 4) is 0 Å². The number of hydrogen-bond acceptors (Lipinski definition) is 7. The van der Waals surface area contributed by atoms with Gasteiger partial charge in [-0.1, -0.05) is 11.8 Å². The molecule has 9 nitrogen and oxygen atoms in total. The maximum absolute atomic E-state index is 12.2. The first-order valence-corrected chi connectivity index (χ1v) is 10.0. The largest absolute Gasteiger partial charge is 0.378 e. The summed E-state index contributed by atoms with van der Waals surface area (Å²) in [5, 5.41) is 11.6. The molecule has 3 N–H and O–H groups in total. The average Bonchev–Trinajstić information content (AvgIpc) is 3.05. The highest BCUT2D eigenvalue weighted by Crippen LogP contribution is 2.20. The van der Waals surface area contributed by atoms with Crippen LogP contribution < -0.4 is 16.0 Å². The molecule has 1 fully saturated rings. The third kappa shape index (κ3) is 5.46. The fraction of sp³-hybridized carbons (Fsp3) is 0.444. The summed E-state index contributed by atoms with van der Waals surface area (Å²) in [4.78, 5) is 25.4. The van der Waals surface area contributed by atoms with Gasteiger partial charge in [-0.2, -0.15) is 0 Å². The Kier molecular flexibility index (Phi) is 6.88. The van der Waals surface area contributed by atoms with E-state index < -0.39 is 0 Å². The maximum Gasteiger partial charge on any atom is 0.234 e. The van der Waals surface area contributed by atoms with Gasteiger partial charge in [0.05, 0.1) is 19.0 Å². The lowest BCUT2D eigenvalue weighted by molar-refractivity contribution is -0.118. The highest BCUT2D eigenvalue weighted by Gasteiger charge is 2.13. The Morgan fingerprint density at radius 2 is 1.93 bits per heavy atom. The van der Waals surface area contributed by atoms with Crippen LogP contribution in [0.15, 0.2) is 29.4 Å². The summed E-state index contributed by atoms with van der Waals surface area (Å²) in [6.07, 6.45) is 0.651. The molecule has 1 aromatic heterocycles. The number of primary amides is 1. The molecule has 1 aliphatic rings. The summed E-state index contributed by atoms with van der Waals surface area (Å²) in [6.45, 7) is 3.23. The molecular weight excluding hydrogens is 380 g/mol. The normalized spacial score (nSPS) is 14.1. The van der Waals surface area contributed by atoms with Gasteiger partial charge in [0.25, 0.3) is 0 Å². The van der Waals surface area contributed by atoms with Gasteiger partial charge in [0, 0.05) is 44.4 Å². The van der Waals surface area contributed by atoms with E-state index in [-0.39, 0.29) is 24.0 Å². The zero-order valence-electron chi connectivity index (χ0n) is 15.8. The molecule has 1 saturated heterocycles. The molecule has 150 valence electrons. The van der Waals surface area contributed by atoms with Crippen molar-refractivity contribution >= 4 is 35.0 Å². The van der Waals surface area contributed by atoms with Crippen molar-refractivity contribution in [1.29, 1.82) is 0 Å². The van der Waals surface area contributed by atoms with Crippen LogP contribution in [0.2, 0.25) is 0 Å². The van der Waals surface area contributed by atoms with Crippen LogP contribution in [0.3, 0.4) is 0 Å². The second-order valence-corrected chi connectivity index (χ2v) is 7.35. The van der Waals surface area contributed by atoms with E-state index in [0.29, 0.717) is 17.4 Å². The summed E-state index contributed by atoms with van der Waals surface area (Å²) in [6, 6.07) is 7.80. The second-order valence-electron chi connectivity index (χ2n) is 6.41. The zero-order valence-corrected chi connectivity index (χ0v) is 16.6. The molecule has 1 aromatic carbocycles. The fourth-order valence-electron chi connectivity index (χ4n) is 2.83. The van der Waals surface area contributed by atoms with Crippen LogP contribution in [0.5, 0.6) is 0 Å². The smallest absolute Gasteiger partial charge is 0.234 e. The molecule has 0 atom stereocenters. The lowest BCUT2D eigenvalue weighted by Crippen LogP contribution is -2.36. The number of carbonyl (C=O) groups excluding carboxylic acids is 2. The Bertz CT molecular complexity index is 817. The van der Waals surface area contributed by atoms with E-state index in [9.17, 15) is 9.59 Å². The van der Waals surface area contributed by atoms with Gasteiger partial charge in [0.1, 0.15) is 5.82 Å². The highest BCUT2D eigenvalue weighted by molar-refractivity contribution is 7.99. The Morgan fingerprint density at radius 3 is 2.61 bits per heavy atom. The van der Waals surface area contributed by atoms with Gasteiger partial charge < -0.3 is 25.3 Å². The van der Waals surface area contributed by atoms with E-state index in [2.05, 4.69) is 20.4 Å². The number of anilines is 2. The number of aromatic nitrogens is 3. The molecule has 0 saturated carbocycles. The molecule has 2 aromatic rings. The molecule has 2 amide bonds. The van der Waals surface area contributed by atoms with Gasteiger partial charge in [-0.15, -0.1) is 10.2 Å². The quantitative estimate of drug-likeness (QED) is 0.625. The van der Waals surface area contributed by atoms with E-state index in [4.69, 9.17) is 10.5 Å². The van der Waals surface area contributed by atoms with Crippen molar-refractivity contribution in [2.24, 2.45) is 12.8 Å². The summed E-state index contributed by atoms with van der Waals surface area (Å²) in [5.74, 6) is 0.384. The second kappa shape index (κ2) is 9.56. The van der Waals surface area contributed by atoms with Gasteiger partial charge >= 0.3 is 0 Å². The van der Waals surface area contributed by atoms with Crippen LogP contribution in [0.25, 0.3) is 0 Å². The highest BCUT2D eigenvalue weighted by atomic mass is 32.2. The number of hydrogen-bond donors (Lipinski definition) is 2. The number of nitrogens with two attached hydrogens (primary N) is 1. The Hall–Kier alpha value is -2.59. The van der Waals surface area contributed by atoms with Gasteiger partial charge in [-0.25, -0.2) is 0 Å². The van der Waals surface area contributed by atoms with E-state index in [1.807, 2.05) is 24.3 Å². The Labute approximate surface area is 167 Å². The lowest BCUT2D eigenvalue weighted by atomic mass is 10.2. The fourth-order valence-corrected chi connectivity index (χ4v) is 3.56. The molecule has 0 unspecified atom stereocenters. The monoisotopic (exact) mass is 404 g/mol. The topological polar surface area (TPSA) is 115 Å². The minimum atomic E-state index is -0.379. The number of nitrogens with zero attached hydrogens (tertiary/aromatic N) is 4. The number of benzene rings is 1. The van der Waals surface area contributed by atoms with Crippen LogP contribution in [0.1, 0.15) is 12.2 Å².